The number of amides is 1. The highest BCUT2D eigenvalue weighted by atomic mass is 16.5. The third-order valence-corrected chi connectivity index (χ3v) is 4.22. The lowest BCUT2D eigenvalue weighted by Gasteiger charge is -2.22. The van der Waals surface area contributed by atoms with Crippen molar-refractivity contribution in [2.24, 2.45) is 0 Å². The van der Waals surface area contributed by atoms with Gasteiger partial charge in [0.2, 0.25) is 0 Å². The summed E-state index contributed by atoms with van der Waals surface area (Å²) in [6.07, 6.45) is 9.21. The fourth-order valence-electron chi connectivity index (χ4n) is 2.87. The molecule has 0 unspecified atom stereocenters. The normalized spacial score (nSPS) is 15.5. The molecule has 22 heavy (non-hydrogen) atoms. The van der Waals surface area contributed by atoms with Gasteiger partial charge in [-0.05, 0) is 37.5 Å². The van der Waals surface area contributed by atoms with E-state index in [1.165, 1.54) is 25.7 Å². The van der Waals surface area contributed by atoms with Gasteiger partial charge < -0.3 is 15.8 Å². The van der Waals surface area contributed by atoms with Crippen LogP contribution in [-0.2, 0) is 0 Å². The second kappa shape index (κ2) is 8.66. The van der Waals surface area contributed by atoms with E-state index in [1.54, 1.807) is 18.2 Å². The molecule has 1 aromatic carbocycles. The van der Waals surface area contributed by atoms with Crippen molar-refractivity contribution in [2.75, 3.05) is 12.3 Å². The Kier molecular flexibility index (Phi) is 6.56. The summed E-state index contributed by atoms with van der Waals surface area (Å²) < 4.78 is 5.67. The Morgan fingerprint density at radius 1 is 1.27 bits per heavy atom. The SMILES string of the molecule is CCCCCOc1ccc(C(=O)NC2CCCCC2)cc1N. The number of nitrogens with one attached hydrogen (secondary N) is 1. The van der Waals surface area contributed by atoms with E-state index in [9.17, 15) is 4.79 Å². The molecule has 0 radical (unpaired) electrons. The van der Waals surface area contributed by atoms with E-state index in [2.05, 4.69) is 12.2 Å². The number of anilines is 1. The van der Waals surface area contributed by atoms with Crippen LogP contribution in [0.4, 0.5) is 5.69 Å². The summed E-state index contributed by atoms with van der Waals surface area (Å²) in [5.41, 5.74) is 7.15. The molecule has 0 aliphatic heterocycles. The molecule has 3 N–H and O–H groups in total. The number of rotatable bonds is 7. The van der Waals surface area contributed by atoms with Gasteiger partial charge in [0.15, 0.2) is 0 Å². The van der Waals surface area contributed by atoms with Crippen molar-refractivity contribution >= 4 is 11.6 Å². The minimum atomic E-state index is -0.0314. The summed E-state index contributed by atoms with van der Waals surface area (Å²) >= 11 is 0. The molecular weight excluding hydrogens is 276 g/mol. The lowest BCUT2D eigenvalue weighted by molar-refractivity contribution is 0.0927. The van der Waals surface area contributed by atoms with Crippen LogP contribution in [0.25, 0.3) is 0 Å². The third kappa shape index (κ3) is 4.93. The van der Waals surface area contributed by atoms with Gasteiger partial charge in [-0.1, -0.05) is 39.0 Å². The first-order chi connectivity index (χ1) is 10.7. The second-order valence-corrected chi connectivity index (χ2v) is 6.12. The predicted molar refractivity (Wildman–Crippen MR) is 90.2 cm³/mol. The number of carbonyl (C=O) groups excluding carboxylic acids is 1. The maximum atomic E-state index is 12.3. The molecule has 1 saturated carbocycles. The summed E-state index contributed by atoms with van der Waals surface area (Å²) in [5, 5.41) is 3.11. The van der Waals surface area contributed by atoms with Crippen molar-refractivity contribution in [2.45, 2.75) is 64.3 Å². The first kappa shape index (κ1) is 16.7. The van der Waals surface area contributed by atoms with E-state index in [4.69, 9.17) is 10.5 Å². The third-order valence-electron chi connectivity index (χ3n) is 4.22. The Labute approximate surface area is 133 Å². The van der Waals surface area contributed by atoms with Crippen LogP contribution in [0, 0.1) is 0 Å². The largest absolute Gasteiger partial charge is 0.491 e. The number of hydrogen-bond donors (Lipinski definition) is 2. The van der Waals surface area contributed by atoms with Crippen LogP contribution in [-0.4, -0.2) is 18.6 Å². The summed E-state index contributed by atoms with van der Waals surface area (Å²) in [6.45, 7) is 2.83. The molecule has 1 aliphatic carbocycles. The molecule has 0 spiro atoms. The van der Waals surface area contributed by atoms with Gasteiger partial charge in [0.1, 0.15) is 5.75 Å². The second-order valence-electron chi connectivity index (χ2n) is 6.12. The van der Waals surface area contributed by atoms with Crippen LogP contribution in [0.15, 0.2) is 18.2 Å². The number of benzene rings is 1. The minimum Gasteiger partial charge on any atom is -0.491 e. The maximum Gasteiger partial charge on any atom is 0.251 e. The van der Waals surface area contributed by atoms with Crippen molar-refractivity contribution < 1.29 is 9.53 Å². The smallest absolute Gasteiger partial charge is 0.251 e. The predicted octanol–water partition coefficient (Wildman–Crippen LogP) is 3.90. The van der Waals surface area contributed by atoms with Gasteiger partial charge in [-0.15, -0.1) is 0 Å². The molecule has 0 atom stereocenters. The van der Waals surface area contributed by atoms with Crippen LogP contribution in [0.5, 0.6) is 5.75 Å². The van der Waals surface area contributed by atoms with Gasteiger partial charge >= 0.3 is 0 Å². The van der Waals surface area contributed by atoms with E-state index >= 15 is 0 Å². The van der Waals surface area contributed by atoms with E-state index in [0.29, 0.717) is 29.6 Å². The first-order valence-electron chi connectivity index (χ1n) is 8.54. The van der Waals surface area contributed by atoms with E-state index in [0.717, 1.165) is 25.7 Å². The molecule has 1 amide bonds. The van der Waals surface area contributed by atoms with Gasteiger partial charge in [-0.3, -0.25) is 4.79 Å². The lowest BCUT2D eigenvalue weighted by Crippen LogP contribution is -2.36. The maximum absolute atomic E-state index is 12.3. The summed E-state index contributed by atoms with van der Waals surface area (Å²) in [6, 6.07) is 5.63. The van der Waals surface area contributed by atoms with Crippen molar-refractivity contribution in [1.82, 2.24) is 5.32 Å². The van der Waals surface area contributed by atoms with Gasteiger partial charge in [0.25, 0.3) is 5.91 Å². The average molecular weight is 304 g/mol. The van der Waals surface area contributed by atoms with Crippen molar-refractivity contribution in [3.8, 4) is 5.75 Å². The molecule has 0 heterocycles. The van der Waals surface area contributed by atoms with Crippen LogP contribution >= 0.6 is 0 Å². The summed E-state index contributed by atoms with van der Waals surface area (Å²) in [4.78, 5) is 12.3. The average Bonchev–Trinajstić information content (AvgIpc) is 2.53. The number of nitrogen functional groups attached to an aromatic ring is 1. The summed E-state index contributed by atoms with van der Waals surface area (Å²) in [7, 11) is 0. The number of carbonyl (C=O) groups is 1. The quantitative estimate of drug-likeness (QED) is 0.593. The Hall–Kier alpha value is -1.71. The Bertz CT molecular complexity index is 482. The number of ether oxygens (including phenoxy) is 1. The zero-order chi connectivity index (χ0) is 15.8. The molecular formula is C18H28N2O2. The monoisotopic (exact) mass is 304 g/mol. The molecule has 122 valence electrons. The molecule has 0 saturated heterocycles. The van der Waals surface area contributed by atoms with Crippen molar-refractivity contribution in [1.29, 1.82) is 0 Å². The van der Waals surface area contributed by atoms with Crippen LogP contribution in [0.2, 0.25) is 0 Å². The van der Waals surface area contributed by atoms with Gasteiger partial charge in [0, 0.05) is 11.6 Å². The highest BCUT2D eigenvalue weighted by Crippen LogP contribution is 2.23. The molecule has 1 aliphatic rings. The Morgan fingerprint density at radius 2 is 2.05 bits per heavy atom. The minimum absolute atomic E-state index is 0.0314. The molecule has 4 heteroatoms. The number of hydrogen-bond acceptors (Lipinski definition) is 3. The fourth-order valence-corrected chi connectivity index (χ4v) is 2.87. The van der Waals surface area contributed by atoms with Crippen molar-refractivity contribution in [3.05, 3.63) is 23.8 Å². The molecule has 0 aromatic heterocycles. The molecule has 0 bridgehead atoms. The fraction of sp³-hybridized carbons (Fsp3) is 0.611. The molecule has 1 fully saturated rings. The molecule has 4 nitrogen and oxygen atoms in total. The highest BCUT2D eigenvalue weighted by molar-refractivity contribution is 5.95. The summed E-state index contributed by atoms with van der Waals surface area (Å²) in [5.74, 6) is 0.640. The zero-order valence-electron chi connectivity index (χ0n) is 13.6. The Morgan fingerprint density at radius 3 is 2.73 bits per heavy atom. The number of nitrogens with two attached hydrogens (primary N) is 1. The number of unbranched alkanes of at least 4 members (excludes halogenated alkanes) is 2. The molecule has 2 rings (SSSR count). The van der Waals surface area contributed by atoms with Crippen LogP contribution in [0.1, 0.15) is 68.6 Å². The van der Waals surface area contributed by atoms with E-state index < -0.39 is 0 Å². The first-order valence-corrected chi connectivity index (χ1v) is 8.54. The van der Waals surface area contributed by atoms with Crippen molar-refractivity contribution in [3.63, 3.8) is 0 Å². The topological polar surface area (TPSA) is 64.3 Å². The highest BCUT2D eigenvalue weighted by Gasteiger charge is 2.17. The Balaban J connectivity index is 1.88. The zero-order valence-corrected chi connectivity index (χ0v) is 13.6. The van der Waals surface area contributed by atoms with Gasteiger partial charge in [-0.2, -0.15) is 0 Å². The van der Waals surface area contributed by atoms with Gasteiger partial charge in [0.05, 0.1) is 12.3 Å². The van der Waals surface area contributed by atoms with Gasteiger partial charge in [-0.25, -0.2) is 0 Å². The van der Waals surface area contributed by atoms with E-state index in [-0.39, 0.29) is 5.91 Å². The lowest BCUT2D eigenvalue weighted by atomic mass is 9.95. The standard InChI is InChI=1S/C18H28N2O2/c1-2-3-7-12-22-17-11-10-14(13-16(17)19)18(21)20-15-8-5-4-6-9-15/h10-11,13,15H,2-9,12,19H2,1H3,(H,20,21). The van der Waals surface area contributed by atoms with Crippen LogP contribution in [0.3, 0.4) is 0 Å². The molecule has 1 aromatic rings. The van der Waals surface area contributed by atoms with E-state index in [1.807, 2.05) is 0 Å². The van der Waals surface area contributed by atoms with Crippen LogP contribution < -0.4 is 15.8 Å².